The highest BCUT2D eigenvalue weighted by atomic mass is 16.2. The highest BCUT2D eigenvalue weighted by Gasteiger charge is 2.48. The van der Waals surface area contributed by atoms with Gasteiger partial charge in [-0.25, -0.2) is 0 Å². The number of aromatic amines is 1. The van der Waals surface area contributed by atoms with Crippen molar-refractivity contribution in [3.05, 3.63) is 107 Å². The Hall–Kier alpha value is -3.86. The maximum atomic E-state index is 14.0. The number of nitrogens with zero attached hydrogens (tertiary/aromatic N) is 2. The van der Waals surface area contributed by atoms with Gasteiger partial charge in [0.25, 0.3) is 0 Å². The monoisotopic (exact) mass is 491 g/mol. The summed E-state index contributed by atoms with van der Waals surface area (Å²) in [5.41, 5.74) is 5.86. The number of rotatable bonds is 7. The van der Waals surface area contributed by atoms with E-state index in [1.54, 1.807) is 0 Å². The second-order valence-corrected chi connectivity index (χ2v) is 10.5. The van der Waals surface area contributed by atoms with Gasteiger partial charge in [0.05, 0.1) is 6.04 Å². The second-order valence-electron chi connectivity index (χ2n) is 10.5. The molecule has 5 nitrogen and oxygen atoms in total. The van der Waals surface area contributed by atoms with Crippen molar-refractivity contribution in [2.75, 3.05) is 6.54 Å². The first-order chi connectivity index (χ1) is 18.1. The van der Waals surface area contributed by atoms with Crippen molar-refractivity contribution >= 4 is 22.7 Å². The van der Waals surface area contributed by atoms with Crippen LogP contribution in [0.15, 0.2) is 84.9 Å². The van der Waals surface area contributed by atoms with Crippen molar-refractivity contribution in [3.8, 4) is 0 Å². The number of hydrogen-bond donors (Lipinski definition) is 1. The molecule has 4 aromatic rings. The molecule has 37 heavy (non-hydrogen) atoms. The van der Waals surface area contributed by atoms with E-state index in [0.717, 1.165) is 42.3 Å². The second kappa shape index (κ2) is 9.89. The zero-order chi connectivity index (χ0) is 25.4. The summed E-state index contributed by atoms with van der Waals surface area (Å²) in [5.74, 6) is 0.138. The zero-order valence-corrected chi connectivity index (χ0v) is 21.3. The Balaban J connectivity index is 1.30. The van der Waals surface area contributed by atoms with Gasteiger partial charge in [0.15, 0.2) is 0 Å². The average molecular weight is 492 g/mol. The molecule has 3 atom stereocenters. The number of carbonyl (C=O) groups is 2. The molecule has 0 saturated carbocycles. The Morgan fingerprint density at radius 3 is 2.24 bits per heavy atom. The van der Waals surface area contributed by atoms with Gasteiger partial charge in [-0.1, -0.05) is 78.9 Å². The molecule has 2 aliphatic rings. The summed E-state index contributed by atoms with van der Waals surface area (Å²) in [6, 6.07) is 28.5. The van der Waals surface area contributed by atoms with Crippen LogP contribution in [0.4, 0.5) is 0 Å². The first-order valence-corrected chi connectivity index (χ1v) is 13.4. The minimum atomic E-state index is -0.451. The molecule has 3 aromatic carbocycles. The van der Waals surface area contributed by atoms with Crippen molar-refractivity contribution in [3.63, 3.8) is 0 Å². The number of nitrogens with one attached hydrogen (secondary N) is 1. The van der Waals surface area contributed by atoms with Crippen LogP contribution in [0.2, 0.25) is 0 Å². The molecular weight excluding hydrogens is 458 g/mol. The first-order valence-electron chi connectivity index (χ1n) is 13.4. The molecule has 2 unspecified atom stereocenters. The summed E-state index contributed by atoms with van der Waals surface area (Å²) in [7, 11) is 0. The molecular formula is C32H33N3O2. The third kappa shape index (κ3) is 4.43. The van der Waals surface area contributed by atoms with Crippen LogP contribution in [0, 0.1) is 0 Å². The van der Waals surface area contributed by atoms with Crippen molar-refractivity contribution in [1.82, 2.24) is 14.8 Å². The fraction of sp³-hybridized carbons (Fsp3) is 0.312. The van der Waals surface area contributed by atoms with Crippen molar-refractivity contribution in [1.29, 1.82) is 0 Å². The number of para-hydroxylation sites is 1. The molecule has 1 N–H and O–H groups in total. The zero-order valence-electron chi connectivity index (χ0n) is 21.3. The molecule has 188 valence electrons. The van der Waals surface area contributed by atoms with Crippen LogP contribution in [-0.4, -0.2) is 45.2 Å². The van der Waals surface area contributed by atoms with E-state index >= 15 is 0 Å². The van der Waals surface area contributed by atoms with Gasteiger partial charge in [0, 0.05) is 29.1 Å². The molecule has 5 heteroatoms. The highest BCUT2D eigenvalue weighted by molar-refractivity contribution is 5.97. The van der Waals surface area contributed by atoms with E-state index in [1.807, 2.05) is 46.2 Å². The Labute approximate surface area is 218 Å². The molecule has 0 radical (unpaired) electrons. The smallest absolute Gasteiger partial charge is 0.246 e. The molecule has 1 aromatic heterocycles. The van der Waals surface area contributed by atoms with Crippen LogP contribution in [0.5, 0.6) is 0 Å². The number of carbonyl (C=O) groups excluding carboxylic acids is 2. The maximum Gasteiger partial charge on any atom is 0.246 e. The van der Waals surface area contributed by atoms with E-state index in [4.69, 9.17) is 0 Å². The van der Waals surface area contributed by atoms with Gasteiger partial charge in [-0.3, -0.25) is 9.59 Å². The summed E-state index contributed by atoms with van der Waals surface area (Å²) in [6.45, 7) is 2.24. The van der Waals surface area contributed by atoms with Gasteiger partial charge < -0.3 is 14.8 Å². The average Bonchev–Trinajstić information content (AvgIpc) is 3.31. The van der Waals surface area contributed by atoms with Crippen LogP contribution >= 0.6 is 0 Å². The van der Waals surface area contributed by atoms with E-state index in [1.165, 1.54) is 16.7 Å². The van der Waals surface area contributed by atoms with E-state index in [0.29, 0.717) is 6.42 Å². The molecule has 0 aliphatic carbocycles. The van der Waals surface area contributed by atoms with Crippen molar-refractivity contribution in [2.45, 2.75) is 57.2 Å². The van der Waals surface area contributed by atoms with E-state index < -0.39 is 6.04 Å². The summed E-state index contributed by atoms with van der Waals surface area (Å²) in [5, 5.41) is 1.16. The Morgan fingerprint density at radius 1 is 0.865 bits per heavy atom. The van der Waals surface area contributed by atoms with E-state index in [-0.39, 0.29) is 30.4 Å². The van der Waals surface area contributed by atoms with Gasteiger partial charge >= 0.3 is 0 Å². The predicted octanol–water partition coefficient (Wildman–Crippen LogP) is 5.46. The minimum Gasteiger partial charge on any atom is -0.356 e. The number of fused-ring (bicyclic) bond motifs is 4. The maximum absolute atomic E-state index is 14.0. The Morgan fingerprint density at radius 2 is 1.51 bits per heavy atom. The van der Waals surface area contributed by atoms with E-state index in [9.17, 15) is 9.59 Å². The summed E-state index contributed by atoms with van der Waals surface area (Å²) in [6.07, 6.45) is 3.92. The molecule has 0 spiro atoms. The van der Waals surface area contributed by atoms with Crippen LogP contribution in [0.25, 0.3) is 10.9 Å². The van der Waals surface area contributed by atoms with Crippen molar-refractivity contribution < 1.29 is 9.59 Å². The number of hydrogen-bond acceptors (Lipinski definition) is 2. The van der Waals surface area contributed by atoms with Gasteiger partial charge in [-0.2, -0.15) is 0 Å². The van der Waals surface area contributed by atoms with Gasteiger partial charge in [0.1, 0.15) is 12.6 Å². The van der Waals surface area contributed by atoms with Crippen LogP contribution in [0.1, 0.15) is 48.2 Å². The molecule has 6 rings (SSSR count). The number of amides is 2. The minimum absolute atomic E-state index is 0.00550. The third-order valence-corrected chi connectivity index (χ3v) is 8.19. The lowest BCUT2D eigenvalue weighted by atomic mass is 9.86. The number of H-pyrrole nitrogens is 1. The Kier molecular flexibility index (Phi) is 6.29. The topological polar surface area (TPSA) is 56.4 Å². The van der Waals surface area contributed by atoms with Crippen LogP contribution in [0.3, 0.4) is 0 Å². The first kappa shape index (κ1) is 23.5. The standard InChI is InChI=1S/C32H33N3O2/c1-22(16-17-23-10-4-2-5-11-23)34-21-30(36)35-28(19-18-24-12-6-3-7-13-24)31-26(20-29(35)32(34)37)25-14-8-9-15-27(25)33-31/h2-15,22,28-29,33H,16-21H2,1H3/t22?,28?,29-/m1/s1. The molecule has 1 saturated heterocycles. The summed E-state index contributed by atoms with van der Waals surface area (Å²) >= 11 is 0. The molecule has 1 fully saturated rings. The van der Waals surface area contributed by atoms with Crippen LogP contribution in [-0.2, 0) is 28.9 Å². The molecule has 0 bridgehead atoms. The number of aryl methyl sites for hydroxylation is 2. The largest absolute Gasteiger partial charge is 0.356 e. The normalized spacial score (nSPS) is 20.1. The molecule has 3 heterocycles. The Bertz CT molecular complexity index is 1410. The fourth-order valence-corrected chi connectivity index (χ4v) is 6.20. The predicted molar refractivity (Wildman–Crippen MR) is 146 cm³/mol. The number of benzene rings is 3. The summed E-state index contributed by atoms with van der Waals surface area (Å²) < 4.78 is 0. The lowest BCUT2D eigenvalue weighted by Crippen LogP contribution is -2.64. The quantitative estimate of drug-likeness (QED) is 0.373. The van der Waals surface area contributed by atoms with Crippen molar-refractivity contribution in [2.24, 2.45) is 0 Å². The molecule has 2 amide bonds. The molecule has 2 aliphatic heterocycles. The third-order valence-electron chi connectivity index (χ3n) is 8.19. The van der Waals surface area contributed by atoms with Gasteiger partial charge in [0.2, 0.25) is 11.8 Å². The lowest BCUT2D eigenvalue weighted by Gasteiger charge is -2.48. The highest BCUT2D eigenvalue weighted by Crippen LogP contribution is 2.41. The van der Waals surface area contributed by atoms with Gasteiger partial charge in [-0.15, -0.1) is 0 Å². The number of piperazine rings is 1. The van der Waals surface area contributed by atoms with E-state index in [2.05, 4.69) is 60.4 Å². The lowest BCUT2D eigenvalue weighted by molar-refractivity contribution is -0.162. The SMILES string of the molecule is CC(CCc1ccccc1)N1CC(=O)N2C(CCc3ccccc3)c3[nH]c4ccccc4c3C[C@@H]2C1=O. The van der Waals surface area contributed by atoms with Gasteiger partial charge in [-0.05, 0) is 55.4 Å². The van der Waals surface area contributed by atoms with Crippen LogP contribution < -0.4 is 0 Å². The summed E-state index contributed by atoms with van der Waals surface area (Å²) in [4.78, 5) is 35.1. The number of aromatic nitrogens is 1. The fourth-order valence-electron chi connectivity index (χ4n) is 6.20.